The second-order valence-electron chi connectivity index (χ2n) is 5.49. The molecule has 0 unspecified atom stereocenters. The molecule has 0 radical (unpaired) electrons. The Morgan fingerprint density at radius 3 is 2.59 bits per heavy atom. The van der Waals surface area contributed by atoms with Gasteiger partial charge in [-0.1, -0.05) is 0 Å². The van der Waals surface area contributed by atoms with E-state index in [0.717, 1.165) is 43.4 Å². The molecule has 0 bridgehead atoms. The molecule has 1 fully saturated rings. The molecule has 2 aromatic heterocycles. The molecule has 1 aliphatic heterocycles. The van der Waals surface area contributed by atoms with E-state index >= 15 is 0 Å². The standard InChI is InChI=1S/C15H22N6O/c1-11-18-19-15(20-8-6-12(16-2)7-9-20)21(11)13-4-5-14(22-3)17-10-13/h4-5,10,12,16H,6-9H2,1-3H3. The van der Waals surface area contributed by atoms with Crippen molar-refractivity contribution in [2.75, 3.05) is 32.1 Å². The fourth-order valence-electron chi connectivity index (χ4n) is 2.85. The van der Waals surface area contributed by atoms with Crippen molar-refractivity contribution in [3.05, 3.63) is 24.2 Å². The van der Waals surface area contributed by atoms with Crippen molar-refractivity contribution in [2.24, 2.45) is 0 Å². The van der Waals surface area contributed by atoms with Crippen molar-refractivity contribution >= 4 is 5.95 Å². The van der Waals surface area contributed by atoms with Crippen LogP contribution in [0.15, 0.2) is 18.3 Å². The normalized spacial score (nSPS) is 16.0. The molecule has 0 amide bonds. The van der Waals surface area contributed by atoms with Crippen molar-refractivity contribution < 1.29 is 4.74 Å². The van der Waals surface area contributed by atoms with E-state index in [4.69, 9.17) is 4.74 Å². The van der Waals surface area contributed by atoms with E-state index in [9.17, 15) is 0 Å². The Morgan fingerprint density at radius 2 is 2.00 bits per heavy atom. The fraction of sp³-hybridized carbons (Fsp3) is 0.533. The van der Waals surface area contributed by atoms with Crippen molar-refractivity contribution in [1.82, 2.24) is 25.1 Å². The van der Waals surface area contributed by atoms with Crippen LogP contribution in [-0.4, -0.2) is 53.0 Å². The predicted molar refractivity (Wildman–Crippen MR) is 84.7 cm³/mol. The summed E-state index contributed by atoms with van der Waals surface area (Å²) in [6, 6.07) is 4.43. The zero-order valence-corrected chi connectivity index (χ0v) is 13.3. The number of rotatable bonds is 4. The lowest BCUT2D eigenvalue weighted by molar-refractivity contribution is 0.397. The van der Waals surface area contributed by atoms with Gasteiger partial charge in [-0.25, -0.2) is 4.98 Å². The minimum Gasteiger partial charge on any atom is -0.481 e. The summed E-state index contributed by atoms with van der Waals surface area (Å²) < 4.78 is 7.17. The van der Waals surface area contributed by atoms with Crippen molar-refractivity contribution in [3.63, 3.8) is 0 Å². The third kappa shape index (κ3) is 2.76. The van der Waals surface area contributed by atoms with Crippen LogP contribution in [0.5, 0.6) is 5.88 Å². The third-order valence-corrected chi connectivity index (χ3v) is 4.18. The molecule has 0 saturated carbocycles. The quantitative estimate of drug-likeness (QED) is 0.914. The van der Waals surface area contributed by atoms with Gasteiger partial charge in [-0.15, -0.1) is 10.2 Å². The molecule has 1 N–H and O–H groups in total. The topological polar surface area (TPSA) is 68.1 Å². The van der Waals surface area contributed by atoms with Crippen molar-refractivity contribution in [2.45, 2.75) is 25.8 Å². The molecule has 0 aliphatic carbocycles. The van der Waals surface area contributed by atoms with Crippen molar-refractivity contribution in [3.8, 4) is 11.6 Å². The molecular weight excluding hydrogens is 280 g/mol. The van der Waals surface area contributed by atoms with Gasteiger partial charge < -0.3 is 15.0 Å². The lowest BCUT2D eigenvalue weighted by Gasteiger charge is -2.32. The average Bonchev–Trinajstić information content (AvgIpc) is 2.96. The second-order valence-corrected chi connectivity index (χ2v) is 5.49. The van der Waals surface area contributed by atoms with E-state index in [2.05, 4.69) is 25.4 Å². The molecule has 7 nitrogen and oxygen atoms in total. The number of hydrogen-bond acceptors (Lipinski definition) is 6. The van der Waals surface area contributed by atoms with Gasteiger partial charge in [0.25, 0.3) is 0 Å². The fourth-order valence-corrected chi connectivity index (χ4v) is 2.85. The van der Waals surface area contributed by atoms with Crippen molar-refractivity contribution in [1.29, 1.82) is 0 Å². The van der Waals surface area contributed by atoms with Crippen LogP contribution in [0.1, 0.15) is 18.7 Å². The maximum Gasteiger partial charge on any atom is 0.231 e. The minimum absolute atomic E-state index is 0.594. The number of aryl methyl sites for hydroxylation is 1. The van der Waals surface area contributed by atoms with Gasteiger partial charge in [0, 0.05) is 25.2 Å². The minimum atomic E-state index is 0.594. The molecule has 0 spiro atoms. The molecule has 0 atom stereocenters. The number of methoxy groups -OCH3 is 1. The smallest absolute Gasteiger partial charge is 0.231 e. The summed E-state index contributed by atoms with van der Waals surface area (Å²) in [6.45, 7) is 3.92. The first kappa shape index (κ1) is 14.8. The Morgan fingerprint density at radius 1 is 1.23 bits per heavy atom. The monoisotopic (exact) mass is 302 g/mol. The molecule has 7 heteroatoms. The van der Waals surface area contributed by atoms with E-state index in [1.807, 2.05) is 30.7 Å². The number of anilines is 1. The summed E-state index contributed by atoms with van der Waals surface area (Å²) in [5.74, 6) is 2.35. The van der Waals surface area contributed by atoms with E-state index in [0.29, 0.717) is 11.9 Å². The molecule has 2 aromatic rings. The summed E-state index contributed by atoms with van der Waals surface area (Å²) in [5.41, 5.74) is 0.953. The maximum atomic E-state index is 5.12. The lowest BCUT2D eigenvalue weighted by Crippen LogP contribution is -2.42. The van der Waals surface area contributed by atoms with E-state index in [1.165, 1.54) is 0 Å². The molecule has 118 valence electrons. The number of nitrogens with one attached hydrogen (secondary N) is 1. The molecule has 0 aromatic carbocycles. The number of aromatic nitrogens is 4. The Bertz CT molecular complexity index is 615. The Labute approximate surface area is 130 Å². The highest BCUT2D eigenvalue weighted by Crippen LogP contribution is 2.23. The Hall–Kier alpha value is -2.15. The van der Waals surface area contributed by atoms with Gasteiger partial charge in [-0.2, -0.15) is 0 Å². The van der Waals surface area contributed by atoms with Crippen LogP contribution in [-0.2, 0) is 0 Å². The molecule has 22 heavy (non-hydrogen) atoms. The van der Waals surface area contributed by atoms with E-state index in [1.54, 1.807) is 13.3 Å². The highest BCUT2D eigenvalue weighted by molar-refractivity contribution is 5.44. The second kappa shape index (κ2) is 6.31. The number of hydrogen-bond donors (Lipinski definition) is 1. The first-order valence-corrected chi connectivity index (χ1v) is 7.57. The van der Waals surface area contributed by atoms with Crippen LogP contribution in [0.2, 0.25) is 0 Å². The number of ether oxygens (including phenoxy) is 1. The van der Waals surface area contributed by atoms with Gasteiger partial charge in [0.05, 0.1) is 19.0 Å². The van der Waals surface area contributed by atoms with Gasteiger partial charge in [0.15, 0.2) is 0 Å². The summed E-state index contributed by atoms with van der Waals surface area (Å²) in [7, 11) is 3.64. The third-order valence-electron chi connectivity index (χ3n) is 4.18. The van der Waals surface area contributed by atoms with Crippen LogP contribution in [0, 0.1) is 6.92 Å². The SMILES string of the molecule is CNC1CCN(c2nnc(C)n2-c2ccc(OC)nc2)CC1. The van der Waals surface area contributed by atoms with E-state index in [-0.39, 0.29) is 0 Å². The number of pyridine rings is 1. The molecule has 1 saturated heterocycles. The molecule has 3 rings (SSSR count). The zero-order chi connectivity index (χ0) is 15.5. The largest absolute Gasteiger partial charge is 0.481 e. The summed E-state index contributed by atoms with van der Waals surface area (Å²) >= 11 is 0. The first-order chi connectivity index (χ1) is 10.7. The van der Waals surface area contributed by atoms with Crippen LogP contribution < -0.4 is 15.0 Å². The highest BCUT2D eigenvalue weighted by atomic mass is 16.5. The number of piperidine rings is 1. The van der Waals surface area contributed by atoms with Crippen LogP contribution in [0.25, 0.3) is 5.69 Å². The first-order valence-electron chi connectivity index (χ1n) is 7.57. The Kier molecular flexibility index (Phi) is 4.24. The molecular formula is C15H22N6O. The lowest BCUT2D eigenvalue weighted by atomic mass is 10.1. The summed E-state index contributed by atoms with van der Waals surface area (Å²) in [4.78, 5) is 6.57. The predicted octanol–water partition coefficient (Wildman–Crippen LogP) is 1.17. The molecule has 1 aliphatic rings. The molecule has 3 heterocycles. The van der Waals surface area contributed by atoms with Gasteiger partial charge in [0.1, 0.15) is 5.82 Å². The highest BCUT2D eigenvalue weighted by Gasteiger charge is 2.23. The van der Waals surface area contributed by atoms with Gasteiger partial charge in [-0.05, 0) is 32.9 Å². The average molecular weight is 302 g/mol. The van der Waals surface area contributed by atoms with E-state index < -0.39 is 0 Å². The van der Waals surface area contributed by atoms with Crippen LogP contribution in [0.3, 0.4) is 0 Å². The number of nitrogens with zero attached hydrogens (tertiary/aromatic N) is 5. The summed E-state index contributed by atoms with van der Waals surface area (Å²) in [6.07, 6.45) is 4.02. The maximum absolute atomic E-state index is 5.12. The van der Waals surface area contributed by atoms with Gasteiger partial charge in [-0.3, -0.25) is 4.57 Å². The van der Waals surface area contributed by atoms with Crippen LogP contribution >= 0.6 is 0 Å². The Balaban J connectivity index is 1.87. The summed E-state index contributed by atoms with van der Waals surface area (Å²) in [5, 5.41) is 12.0. The zero-order valence-electron chi connectivity index (χ0n) is 13.3. The van der Waals surface area contributed by atoms with Gasteiger partial charge in [0.2, 0.25) is 11.8 Å². The van der Waals surface area contributed by atoms with Gasteiger partial charge >= 0.3 is 0 Å². The van der Waals surface area contributed by atoms with Crippen LogP contribution in [0.4, 0.5) is 5.95 Å².